The quantitative estimate of drug-likeness (QED) is 0.201. The van der Waals surface area contributed by atoms with Gasteiger partial charge in [-0.05, 0) is 53.3 Å². The van der Waals surface area contributed by atoms with Gasteiger partial charge in [0, 0.05) is 16.3 Å². The number of halogens is 3. The zero-order valence-corrected chi connectivity index (χ0v) is 23.3. The maximum Gasteiger partial charge on any atom is 0.300 e. The zero-order chi connectivity index (χ0) is 27.2. The van der Waals surface area contributed by atoms with Gasteiger partial charge >= 0.3 is 0 Å². The van der Waals surface area contributed by atoms with Crippen LogP contribution in [0.15, 0.2) is 60.2 Å². The number of aliphatic hydroxyl groups is 1. The van der Waals surface area contributed by atoms with Crippen LogP contribution in [0, 0.1) is 6.92 Å². The van der Waals surface area contributed by atoms with Crippen LogP contribution in [0.1, 0.15) is 49.1 Å². The molecule has 0 aromatic heterocycles. The normalized spacial score (nSPS) is 17.4. The Labute approximate surface area is 231 Å². The molecule has 0 bridgehead atoms. The largest absolute Gasteiger partial charge is 0.507 e. The van der Waals surface area contributed by atoms with E-state index in [-0.39, 0.29) is 32.3 Å². The number of carbonyl (C=O) groups is 2. The van der Waals surface area contributed by atoms with Gasteiger partial charge in [0.1, 0.15) is 5.76 Å². The standard InChI is InChI=1S/C29H26Cl3NO4/c1-15-6-11-19(14-20(15)30)33-24(16-7-9-18(10-8-16)29(2,3)4)23(26(35)28(33)36)25(34)17-12-21(31)27(37-5)22(32)13-17/h6-14,24,34H,1-5H3/b25-23+. The van der Waals surface area contributed by atoms with Crippen molar-refractivity contribution in [1.82, 2.24) is 0 Å². The summed E-state index contributed by atoms with van der Waals surface area (Å²) in [6.07, 6.45) is 0. The van der Waals surface area contributed by atoms with Crippen molar-refractivity contribution in [2.24, 2.45) is 0 Å². The number of methoxy groups -OCH3 is 1. The molecular weight excluding hydrogens is 533 g/mol. The lowest BCUT2D eigenvalue weighted by atomic mass is 9.85. The summed E-state index contributed by atoms with van der Waals surface area (Å²) in [6, 6.07) is 14.8. The van der Waals surface area contributed by atoms with E-state index in [0.717, 1.165) is 11.1 Å². The highest BCUT2D eigenvalue weighted by Gasteiger charge is 2.47. The number of ether oxygens (including phenoxy) is 1. The molecule has 1 amide bonds. The van der Waals surface area contributed by atoms with E-state index in [0.29, 0.717) is 16.3 Å². The Hall–Kier alpha value is -2.99. The summed E-state index contributed by atoms with van der Waals surface area (Å²) < 4.78 is 5.20. The Morgan fingerprint density at radius 1 is 0.919 bits per heavy atom. The predicted octanol–water partition coefficient (Wildman–Crippen LogP) is 7.89. The van der Waals surface area contributed by atoms with Gasteiger partial charge < -0.3 is 9.84 Å². The van der Waals surface area contributed by atoms with Crippen molar-refractivity contribution in [3.8, 4) is 5.75 Å². The van der Waals surface area contributed by atoms with Gasteiger partial charge in [0.15, 0.2) is 5.75 Å². The molecule has 0 aliphatic carbocycles. The van der Waals surface area contributed by atoms with Crippen molar-refractivity contribution in [1.29, 1.82) is 0 Å². The van der Waals surface area contributed by atoms with Crippen LogP contribution in [0.2, 0.25) is 15.1 Å². The number of carbonyl (C=O) groups excluding carboxylic acids is 2. The smallest absolute Gasteiger partial charge is 0.300 e. The topological polar surface area (TPSA) is 66.8 Å². The third-order valence-electron chi connectivity index (χ3n) is 6.45. The first-order valence-corrected chi connectivity index (χ1v) is 12.7. The Morgan fingerprint density at radius 2 is 1.51 bits per heavy atom. The molecule has 1 atom stereocenters. The Kier molecular flexibility index (Phi) is 7.35. The number of aliphatic hydroxyl groups excluding tert-OH is 1. The fourth-order valence-electron chi connectivity index (χ4n) is 4.36. The van der Waals surface area contributed by atoms with Crippen LogP contribution in [0.5, 0.6) is 5.75 Å². The average molecular weight is 559 g/mol. The van der Waals surface area contributed by atoms with E-state index < -0.39 is 23.5 Å². The molecule has 4 rings (SSSR count). The van der Waals surface area contributed by atoms with E-state index in [1.165, 1.54) is 24.1 Å². The molecule has 37 heavy (non-hydrogen) atoms. The second-order valence-corrected chi connectivity index (χ2v) is 11.2. The van der Waals surface area contributed by atoms with Crippen LogP contribution < -0.4 is 9.64 Å². The summed E-state index contributed by atoms with van der Waals surface area (Å²) in [6.45, 7) is 8.14. The molecule has 1 unspecified atom stereocenters. The maximum absolute atomic E-state index is 13.4. The third-order valence-corrected chi connectivity index (χ3v) is 7.42. The van der Waals surface area contributed by atoms with Gasteiger partial charge in [0.25, 0.3) is 11.7 Å². The summed E-state index contributed by atoms with van der Waals surface area (Å²) in [4.78, 5) is 28.2. The Balaban J connectivity index is 1.96. The summed E-state index contributed by atoms with van der Waals surface area (Å²) in [5.74, 6) is -1.77. The monoisotopic (exact) mass is 557 g/mol. The van der Waals surface area contributed by atoms with E-state index in [4.69, 9.17) is 39.5 Å². The molecular formula is C29H26Cl3NO4. The number of Topliss-reactive ketones (excluding diaryl/α,β-unsaturated/α-hetero) is 1. The molecule has 0 spiro atoms. The molecule has 1 saturated heterocycles. The molecule has 1 aliphatic heterocycles. The lowest BCUT2D eigenvalue weighted by Crippen LogP contribution is -2.29. The molecule has 1 N–H and O–H groups in total. The van der Waals surface area contributed by atoms with Gasteiger partial charge in [-0.3, -0.25) is 14.5 Å². The zero-order valence-electron chi connectivity index (χ0n) is 21.0. The summed E-state index contributed by atoms with van der Waals surface area (Å²) >= 11 is 19.0. The van der Waals surface area contributed by atoms with Gasteiger partial charge in [-0.2, -0.15) is 0 Å². The third kappa shape index (κ3) is 4.96. The highest BCUT2D eigenvalue weighted by molar-refractivity contribution is 6.52. The first-order chi connectivity index (χ1) is 17.3. The predicted molar refractivity (Wildman–Crippen MR) is 149 cm³/mol. The number of rotatable bonds is 4. The highest BCUT2D eigenvalue weighted by atomic mass is 35.5. The second kappa shape index (κ2) is 10.1. The fraction of sp³-hybridized carbons (Fsp3) is 0.241. The van der Waals surface area contributed by atoms with Crippen molar-refractivity contribution in [3.63, 3.8) is 0 Å². The van der Waals surface area contributed by atoms with Crippen molar-refractivity contribution >= 4 is 57.9 Å². The SMILES string of the molecule is COc1c(Cl)cc(/C(O)=C2\C(=O)C(=O)N(c3ccc(C)c(Cl)c3)C2c2ccc(C(C)(C)C)cc2)cc1Cl. The molecule has 3 aromatic rings. The molecule has 1 aliphatic rings. The van der Waals surface area contributed by atoms with Crippen molar-refractivity contribution in [3.05, 3.63) is 97.5 Å². The molecule has 5 nitrogen and oxygen atoms in total. The molecule has 3 aromatic carbocycles. The molecule has 1 heterocycles. The lowest BCUT2D eigenvalue weighted by Gasteiger charge is -2.27. The summed E-state index contributed by atoms with van der Waals surface area (Å²) in [5.41, 5.74) is 3.01. The fourth-order valence-corrected chi connectivity index (χ4v) is 5.17. The minimum Gasteiger partial charge on any atom is -0.507 e. The Bertz CT molecular complexity index is 1420. The van der Waals surface area contributed by atoms with Crippen LogP contribution in [0.4, 0.5) is 5.69 Å². The van der Waals surface area contributed by atoms with Gasteiger partial charge in [0.05, 0.1) is 28.8 Å². The lowest BCUT2D eigenvalue weighted by molar-refractivity contribution is -0.132. The van der Waals surface area contributed by atoms with Crippen molar-refractivity contribution in [2.45, 2.75) is 39.2 Å². The number of hydrogen-bond donors (Lipinski definition) is 1. The van der Waals surface area contributed by atoms with Crippen LogP contribution in [0.3, 0.4) is 0 Å². The minimum atomic E-state index is -0.910. The highest BCUT2D eigenvalue weighted by Crippen LogP contribution is 2.44. The number of aryl methyl sites for hydroxylation is 1. The average Bonchev–Trinajstić information content (AvgIpc) is 3.10. The van der Waals surface area contributed by atoms with Gasteiger partial charge in [-0.1, -0.05) is 85.9 Å². The molecule has 1 fully saturated rings. The van der Waals surface area contributed by atoms with E-state index in [9.17, 15) is 14.7 Å². The number of anilines is 1. The second-order valence-electron chi connectivity index (χ2n) is 9.95. The number of benzene rings is 3. The van der Waals surface area contributed by atoms with Crippen LogP contribution in [-0.4, -0.2) is 23.9 Å². The van der Waals surface area contributed by atoms with Gasteiger partial charge in [0.2, 0.25) is 0 Å². The number of hydrogen-bond acceptors (Lipinski definition) is 4. The van der Waals surface area contributed by atoms with Crippen LogP contribution in [0.25, 0.3) is 5.76 Å². The molecule has 8 heteroatoms. The van der Waals surface area contributed by atoms with Crippen LogP contribution >= 0.6 is 34.8 Å². The number of nitrogens with zero attached hydrogens (tertiary/aromatic N) is 1. The summed E-state index contributed by atoms with van der Waals surface area (Å²) in [7, 11) is 1.42. The molecule has 192 valence electrons. The van der Waals surface area contributed by atoms with E-state index >= 15 is 0 Å². The van der Waals surface area contributed by atoms with E-state index in [1.54, 1.807) is 18.2 Å². The van der Waals surface area contributed by atoms with Crippen molar-refractivity contribution in [2.75, 3.05) is 12.0 Å². The van der Waals surface area contributed by atoms with E-state index in [1.807, 2.05) is 31.2 Å². The van der Waals surface area contributed by atoms with E-state index in [2.05, 4.69) is 20.8 Å². The molecule has 0 radical (unpaired) electrons. The Morgan fingerprint density at radius 3 is 2.03 bits per heavy atom. The van der Waals surface area contributed by atoms with Gasteiger partial charge in [-0.15, -0.1) is 0 Å². The maximum atomic E-state index is 13.4. The first-order valence-electron chi connectivity index (χ1n) is 11.6. The van der Waals surface area contributed by atoms with Gasteiger partial charge in [-0.25, -0.2) is 0 Å². The summed E-state index contributed by atoms with van der Waals surface area (Å²) in [5, 5.41) is 12.2. The minimum absolute atomic E-state index is 0.0810. The first kappa shape index (κ1) is 27.1. The number of ketones is 1. The number of amides is 1. The molecule has 0 saturated carbocycles. The van der Waals surface area contributed by atoms with Crippen molar-refractivity contribution < 1.29 is 19.4 Å². The van der Waals surface area contributed by atoms with Crippen LogP contribution in [-0.2, 0) is 15.0 Å².